The van der Waals surface area contributed by atoms with Gasteiger partial charge in [-0.15, -0.1) is 0 Å². The Morgan fingerprint density at radius 2 is 1.80 bits per heavy atom. The molecule has 0 aromatic heterocycles. The fraction of sp³-hybridized carbons (Fsp3) is 1.00. The monoisotopic (exact) mass is 213 g/mol. The molecular weight excluding hydrogens is 186 g/mol. The third-order valence-corrected chi connectivity index (χ3v) is 4.31. The lowest BCUT2D eigenvalue weighted by Crippen LogP contribution is -2.50. The van der Waals surface area contributed by atoms with Gasteiger partial charge in [0.15, 0.2) is 0 Å². The SMILES string of the molecule is CCC1CCC(C(N)C(C)(C)OC)CC1. The molecule has 0 spiro atoms. The van der Waals surface area contributed by atoms with E-state index in [-0.39, 0.29) is 11.6 Å². The van der Waals surface area contributed by atoms with Gasteiger partial charge in [-0.2, -0.15) is 0 Å². The summed E-state index contributed by atoms with van der Waals surface area (Å²) in [5, 5.41) is 0. The van der Waals surface area contributed by atoms with Crippen LogP contribution in [-0.4, -0.2) is 18.8 Å². The number of ether oxygens (including phenoxy) is 1. The Kier molecular flexibility index (Phi) is 4.60. The number of methoxy groups -OCH3 is 1. The van der Waals surface area contributed by atoms with Crippen LogP contribution < -0.4 is 5.73 Å². The van der Waals surface area contributed by atoms with Crippen molar-refractivity contribution < 1.29 is 4.74 Å². The van der Waals surface area contributed by atoms with Crippen molar-refractivity contribution in [2.75, 3.05) is 7.11 Å². The second-order valence-corrected chi connectivity index (χ2v) is 5.52. The summed E-state index contributed by atoms with van der Waals surface area (Å²) in [4.78, 5) is 0. The smallest absolute Gasteiger partial charge is 0.0775 e. The van der Waals surface area contributed by atoms with E-state index < -0.39 is 0 Å². The average Bonchev–Trinajstić information content (AvgIpc) is 2.28. The van der Waals surface area contributed by atoms with Crippen LogP contribution in [0.5, 0.6) is 0 Å². The first kappa shape index (κ1) is 13.0. The Morgan fingerprint density at radius 1 is 1.27 bits per heavy atom. The summed E-state index contributed by atoms with van der Waals surface area (Å²) < 4.78 is 5.48. The van der Waals surface area contributed by atoms with Crippen molar-refractivity contribution in [3.8, 4) is 0 Å². The van der Waals surface area contributed by atoms with Crippen LogP contribution in [0.2, 0.25) is 0 Å². The minimum absolute atomic E-state index is 0.177. The van der Waals surface area contributed by atoms with Crippen molar-refractivity contribution in [1.29, 1.82) is 0 Å². The molecule has 0 aromatic carbocycles. The third-order valence-electron chi connectivity index (χ3n) is 4.31. The summed E-state index contributed by atoms with van der Waals surface area (Å²) >= 11 is 0. The molecule has 2 heteroatoms. The van der Waals surface area contributed by atoms with Crippen LogP contribution >= 0.6 is 0 Å². The molecule has 0 amide bonds. The molecule has 1 aliphatic carbocycles. The van der Waals surface area contributed by atoms with Crippen molar-refractivity contribution >= 4 is 0 Å². The van der Waals surface area contributed by atoms with E-state index in [1.807, 2.05) is 0 Å². The molecule has 0 aromatic rings. The third kappa shape index (κ3) is 3.18. The highest BCUT2D eigenvalue weighted by atomic mass is 16.5. The van der Waals surface area contributed by atoms with E-state index in [2.05, 4.69) is 20.8 Å². The highest BCUT2D eigenvalue weighted by Gasteiger charge is 2.34. The fourth-order valence-corrected chi connectivity index (χ4v) is 2.66. The number of hydrogen-bond acceptors (Lipinski definition) is 2. The Hall–Kier alpha value is -0.0800. The number of hydrogen-bond donors (Lipinski definition) is 1. The molecular formula is C13H27NO. The maximum Gasteiger partial charge on any atom is 0.0775 e. The molecule has 1 saturated carbocycles. The lowest BCUT2D eigenvalue weighted by molar-refractivity contribution is -0.0224. The normalized spacial score (nSPS) is 30.2. The highest BCUT2D eigenvalue weighted by Crippen LogP contribution is 2.35. The van der Waals surface area contributed by atoms with Crippen LogP contribution in [-0.2, 0) is 4.74 Å². The largest absolute Gasteiger partial charge is 0.377 e. The molecule has 2 nitrogen and oxygen atoms in total. The Bertz CT molecular complexity index is 183. The molecule has 1 aliphatic rings. The van der Waals surface area contributed by atoms with Gasteiger partial charge in [-0.3, -0.25) is 0 Å². The lowest BCUT2D eigenvalue weighted by Gasteiger charge is -2.39. The van der Waals surface area contributed by atoms with Gasteiger partial charge in [0.2, 0.25) is 0 Å². The van der Waals surface area contributed by atoms with Gasteiger partial charge in [0.1, 0.15) is 0 Å². The van der Waals surface area contributed by atoms with E-state index in [1.54, 1.807) is 7.11 Å². The van der Waals surface area contributed by atoms with Gasteiger partial charge in [0.25, 0.3) is 0 Å². The average molecular weight is 213 g/mol. The first-order valence-electron chi connectivity index (χ1n) is 6.32. The first-order valence-corrected chi connectivity index (χ1v) is 6.32. The molecule has 0 saturated heterocycles. The molecule has 90 valence electrons. The van der Waals surface area contributed by atoms with Gasteiger partial charge in [-0.25, -0.2) is 0 Å². The molecule has 0 radical (unpaired) electrons. The minimum atomic E-state index is -0.177. The second-order valence-electron chi connectivity index (χ2n) is 5.52. The van der Waals surface area contributed by atoms with E-state index in [4.69, 9.17) is 10.5 Å². The Balaban J connectivity index is 2.46. The topological polar surface area (TPSA) is 35.2 Å². The maximum atomic E-state index is 6.30. The van der Waals surface area contributed by atoms with E-state index in [1.165, 1.54) is 32.1 Å². The molecule has 15 heavy (non-hydrogen) atoms. The zero-order chi connectivity index (χ0) is 11.5. The van der Waals surface area contributed by atoms with Crippen molar-refractivity contribution in [2.24, 2.45) is 17.6 Å². The summed E-state index contributed by atoms with van der Waals surface area (Å²) in [5.74, 6) is 1.60. The van der Waals surface area contributed by atoms with E-state index in [0.717, 1.165) is 5.92 Å². The molecule has 2 N–H and O–H groups in total. The molecule has 1 atom stereocenters. The van der Waals surface area contributed by atoms with Crippen molar-refractivity contribution in [2.45, 2.75) is 64.5 Å². The van der Waals surface area contributed by atoms with E-state index >= 15 is 0 Å². The Labute approximate surface area is 94.6 Å². The highest BCUT2D eigenvalue weighted by molar-refractivity contribution is 4.90. The summed E-state index contributed by atoms with van der Waals surface area (Å²) in [6.45, 7) is 6.50. The van der Waals surface area contributed by atoms with Gasteiger partial charge in [-0.1, -0.05) is 26.2 Å². The zero-order valence-corrected chi connectivity index (χ0v) is 10.8. The first-order chi connectivity index (χ1) is 7.01. The van der Waals surface area contributed by atoms with Crippen LogP contribution in [0.25, 0.3) is 0 Å². The summed E-state index contributed by atoms with van der Waals surface area (Å²) in [5.41, 5.74) is 6.12. The van der Waals surface area contributed by atoms with Gasteiger partial charge in [-0.05, 0) is 38.5 Å². The molecule has 1 fully saturated rings. The second kappa shape index (κ2) is 5.31. The molecule has 1 unspecified atom stereocenters. The molecule has 0 aliphatic heterocycles. The lowest BCUT2D eigenvalue weighted by atomic mass is 9.74. The molecule has 0 heterocycles. The number of nitrogens with two attached hydrogens (primary N) is 1. The predicted octanol–water partition coefficient (Wildman–Crippen LogP) is 2.96. The minimum Gasteiger partial charge on any atom is -0.377 e. The Morgan fingerprint density at radius 3 is 2.20 bits per heavy atom. The van der Waals surface area contributed by atoms with Crippen LogP contribution in [0.3, 0.4) is 0 Å². The predicted molar refractivity (Wildman–Crippen MR) is 64.8 cm³/mol. The number of rotatable bonds is 4. The van der Waals surface area contributed by atoms with Crippen molar-refractivity contribution in [3.63, 3.8) is 0 Å². The van der Waals surface area contributed by atoms with Crippen LogP contribution in [0.15, 0.2) is 0 Å². The summed E-state index contributed by atoms with van der Waals surface area (Å²) in [6.07, 6.45) is 6.61. The van der Waals surface area contributed by atoms with Gasteiger partial charge in [0.05, 0.1) is 5.60 Å². The summed E-state index contributed by atoms with van der Waals surface area (Å²) in [6, 6.07) is 0.181. The molecule has 0 bridgehead atoms. The van der Waals surface area contributed by atoms with Gasteiger partial charge < -0.3 is 10.5 Å². The fourth-order valence-electron chi connectivity index (χ4n) is 2.66. The zero-order valence-electron chi connectivity index (χ0n) is 10.8. The van der Waals surface area contributed by atoms with Crippen LogP contribution in [0.4, 0.5) is 0 Å². The van der Waals surface area contributed by atoms with E-state index in [9.17, 15) is 0 Å². The quantitative estimate of drug-likeness (QED) is 0.779. The summed E-state index contributed by atoms with van der Waals surface area (Å²) in [7, 11) is 1.76. The van der Waals surface area contributed by atoms with Crippen LogP contribution in [0, 0.1) is 11.8 Å². The van der Waals surface area contributed by atoms with Gasteiger partial charge in [0, 0.05) is 13.2 Å². The molecule has 1 rings (SSSR count). The van der Waals surface area contributed by atoms with Gasteiger partial charge >= 0.3 is 0 Å². The van der Waals surface area contributed by atoms with Crippen LogP contribution in [0.1, 0.15) is 52.9 Å². The van der Waals surface area contributed by atoms with E-state index in [0.29, 0.717) is 5.92 Å². The van der Waals surface area contributed by atoms with Crippen molar-refractivity contribution in [3.05, 3.63) is 0 Å². The maximum absolute atomic E-state index is 6.30. The standard InChI is InChI=1S/C13H27NO/c1-5-10-6-8-11(9-7-10)12(14)13(2,3)15-4/h10-12H,5-9,14H2,1-4H3. The van der Waals surface area contributed by atoms with Crippen molar-refractivity contribution in [1.82, 2.24) is 0 Å².